The molecular formula is C70H122O4. The Hall–Kier alpha value is -2.62. The summed E-state index contributed by atoms with van der Waals surface area (Å²) in [4.78, 5) is 0. The highest BCUT2D eigenvalue weighted by atomic mass is 16.5. The molecule has 0 aliphatic heterocycles. The molecule has 0 atom stereocenters. The van der Waals surface area contributed by atoms with Crippen LogP contribution in [0.5, 0.6) is 23.0 Å². The molecular weight excluding hydrogens is 905 g/mol. The second-order valence-corrected chi connectivity index (χ2v) is 23.0. The van der Waals surface area contributed by atoms with E-state index >= 15 is 0 Å². The quantitative estimate of drug-likeness (QED) is 0.0417. The fourth-order valence-corrected chi connectivity index (χ4v) is 11.1. The van der Waals surface area contributed by atoms with Gasteiger partial charge in [-0.3, -0.25) is 0 Å². The minimum absolute atomic E-state index is 0.744. The number of benzene rings is 3. The summed E-state index contributed by atoms with van der Waals surface area (Å²) in [5.74, 6) is 3.82. The molecule has 0 amide bonds. The van der Waals surface area contributed by atoms with Crippen molar-refractivity contribution < 1.29 is 18.9 Å². The Balaban J connectivity index is 1.67. The fourth-order valence-electron chi connectivity index (χ4n) is 11.1. The first-order valence-electron chi connectivity index (χ1n) is 33.3. The normalized spacial score (nSPS) is 11.6. The standard InChI is InChI=1S/C70H122O4/c1-5-9-13-17-21-25-29-33-37-41-45-49-57-71-67-53-54-68(72-58-50-46-42-38-34-30-26-22-18-14-10-6-2)64-62-66-65(61-63(64)67)69(73-59-51-47-43-39-35-31-27-23-19-15-11-7-3)55-56-70(66)74-60-52-48-44-40-36-32-28-24-20-16-12-8-4/h53-56,61-62H,5-52,57-60H2,1-4H3. The van der Waals surface area contributed by atoms with E-state index in [-0.39, 0.29) is 0 Å². The largest absolute Gasteiger partial charge is 0.493 e. The highest BCUT2D eigenvalue weighted by Crippen LogP contribution is 2.42. The second kappa shape index (κ2) is 48.7. The van der Waals surface area contributed by atoms with Crippen LogP contribution >= 0.6 is 0 Å². The summed E-state index contributed by atoms with van der Waals surface area (Å²) in [5, 5.41) is 4.49. The monoisotopic (exact) mass is 1030 g/mol. The third kappa shape index (κ3) is 32.8. The van der Waals surface area contributed by atoms with Gasteiger partial charge >= 0.3 is 0 Å². The number of hydrogen-bond acceptors (Lipinski definition) is 4. The van der Waals surface area contributed by atoms with Gasteiger partial charge in [-0.2, -0.15) is 0 Å². The van der Waals surface area contributed by atoms with Crippen LogP contribution in [0.4, 0.5) is 0 Å². The van der Waals surface area contributed by atoms with Crippen LogP contribution in [0.15, 0.2) is 36.4 Å². The van der Waals surface area contributed by atoms with E-state index in [9.17, 15) is 0 Å². The average molecular weight is 1030 g/mol. The topological polar surface area (TPSA) is 36.9 Å². The minimum Gasteiger partial charge on any atom is -0.493 e. The molecule has 0 radical (unpaired) electrons. The van der Waals surface area contributed by atoms with E-state index in [4.69, 9.17) is 18.9 Å². The van der Waals surface area contributed by atoms with E-state index in [0.29, 0.717) is 0 Å². The zero-order chi connectivity index (χ0) is 52.5. The summed E-state index contributed by atoms with van der Waals surface area (Å²) in [6.45, 7) is 12.2. The molecule has 0 spiro atoms. The lowest BCUT2D eigenvalue weighted by atomic mass is 10.0. The van der Waals surface area contributed by atoms with E-state index < -0.39 is 0 Å². The summed E-state index contributed by atoms with van der Waals surface area (Å²) < 4.78 is 26.9. The van der Waals surface area contributed by atoms with Gasteiger partial charge in [-0.05, 0) is 62.1 Å². The number of rotatable bonds is 56. The van der Waals surface area contributed by atoms with E-state index in [2.05, 4.69) is 64.1 Å². The molecule has 0 saturated heterocycles. The van der Waals surface area contributed by atoms with E-state index in [0.717, 1.165) is 96.7 Å². The number of ether oxygens (including phenoxy) is 4. The summed E-state index contributed by atoms with van der Waals surface area (Å²) in [7, 11) is 0. The fraction of sp³-hybridized carbons (Fsp3) is 0.800. The molecule has 4 heteroatoms. The van der Waals surface area contributed by atoms with Crippen molar-refractivity contribution in [1.82, 2.24) is 0 Å². The van der Waals surface area contributed by atoms with Gasteiger partial charge in [0.1, 0.15) is 23.0 Å². The van der Waals surface area contributed by atoms with Crippen molar-refractivity contribution >= 4 is 21.5 Å². The molecule has 0 aliphatic rings. The Morgan fingerprint density at radius 1 is 0.189 bits per heavy atom. The van der Waals surface area contributed by atoms with Crippen molar-refractivity contribution in [1.29, 1.82) is 0 Å². The Labute approximate surface area is 460 Å². The zero-order valence-corrected chi connectivity index (χ0v) is 49.9. The molecule has 0 saturated carbocycles. The van der Waals surface area contributed by atoms with E-state index in [1.165, 1.54) is 283 Å². The van der Waals surface area contributed by atoms with Gasteiger partial charge in [0.25, 0.3) is 0 Å². The molecule has 74 heavy (non-hydrogen) atoms. The first-order chi connectivity index (χ1) is 36.7. The molecule has 0 bridgehead atoms. The van der Waals surface area contributed by atoms with Crippen molar-refractivity contribution in [2.45, 2.75) is 336 Å². The van der Waals surface area contributed by atoms with Crippen LogP contribution in [0, 0.1) is 0 Å². The number of unbranched alkanes of at least 4 members (excludes halogenated alkanes) is 44. The highest BCUT2D eigenvalue weighted by molar-refractivity contribution is 6.07. The summed E-state index contributed by atoms with van der Waals surface area (Å²) in [6.07, 6.45) is 64.6. The summed E-state index contributed by atoms with van der Waals surface area (Å²) in [6, 6.07) is 13.4. The van der Waals surface area contributed by atoms with Gasteiger partial charge in [0.05, 0.1) is 26.4 Å². The lowest BCUT2D eigenvalue weighted by Gasteiger charge is -2.18. The minimum atomic E-state index is 0.744. The average Bonchev–Trinajstić information content (AvgIpc) is 3.41. The van der Waals surface area contributed by atoms with Gasteiger partial charge < -0.3 is 18.9 Å². The molecule has 426 valence electrons. The Bertz CT molecular complexity index is 1440. The van der Waals surface area contributed by atoms with Gasteiger partial charge in [-0.15, -0.1) is 0 Å². The van der Waals surface area contributed by atoms with Gasteiger partial charge in [-0.1, -0.05) is 310 Å². The van der Waals surface area contributed by atoms with E-state index in [1.807, 2.05) is 0 Å². The zero-order valence-electron chi connectivity index (χ0n) is 49.9. The number of hydrogen-bond donors (Lipinski definition) is 0. The van der Waals surface area contributed by atoms with Crippen LogP contribution in [0.3, 0.4) is 0 Å². The first kappa shape index (κ1) is 65.7. The third-order valence-corrected chi connectivity index (χ3v) is 16.0. The van der Waals surface area contributed by atoms with Gasteiger partial charge in [0.15, 0.2) is 0 Å². The maximum atomic E-state index is 6.71. The molecule has 3 aromatic carbocycles. The second-order valence-electron chi connectivity index (χ2n) is 23.0. The smallest absolute Gasteiger partial charge is 0.127 e. The van der Waals surface area contributed by atoms with Crippen molar-refractivity contribution in [3.63, 3.8) is 0 Å². The summed E-state index contributed by atoms with van der Waals surface area (Å²) >= 11 is 0. The van der Waals surface area contributed by atoms with Gasteiger partial charge in [-0.25, -0.2) is 0 Å². The van der Waals surface area contributed by atoms with Crippen LogP contribution in [0.25, 0.3) is 21.5 Å². The Morgan fingerprint density at radius 2 is 0.324 bits per heavy atom. The molecule has 0 heterocycles. The summed E-state index contributed by atoms with van der Waals surface area (Å²) in [5.41, 5.74) is 0. The molecule has 0 aromatic heterocycles. The van der Waals surface area contributed by atoms with Crippen molar-refractivity contribution in [2.24, 2.45) is 0 Å². The van der Waals surface area contributed by atoms with Crippen LogP contribution in [-0.2, 0) is 0 Å². The molecule has 0 aliphatic carbocycles. The Morgan fingerprint density at radius 3 is 0.473 bits per heavy atom. The molecule has 0 unspecified atom stereocenters. The SMILES string of the molecule is CCCCCCCCCCCCCCOc1ccc(OCCCCCCCCCCCCCC)c2cc3c(OCCCCCCCCCCCCCC)ccc(OCCCCCCCCCCCCCC)c3cc12. The third-order valence-electron chi connectivity index (χ3n) is 16.0. The number of fused-ring (bicyclic) bond motifs is 2. The molecule has 3 rings (SSSR count). The first-order valence-corrected chi connectivity index (χ1v) is 33.3. The van der Waals surface area contributed by atoms with Crippen molar-refractivity contribution in [3.05, 3.63) is 36.4 Å². The van der Waals surface area contributed by atoms with Crippen LogP contribution in [-0.4, -0.2) is 26.4 Å². The van der Waals surface area contributed by atoms with Gasteiger partial charge in [0.2, 0.25) is 0 Å². The molecule has 4 nitrogen and oxygen atoms in total. The van der Waals surface area contributed by atoms with Crippen molar-refractivity contribution in [2.75, 3.05) is 26.4 Å². The van der Waals surface area contributed by atoms with Crippen LogP contribution in [0.2, 0.25) is 0 Å². The Kier molecular flexibility index (Phi) is 43.2. The predicted molar refractivity (Wildman–Crippen MR) is 328 cm³/mol. The maximum absolute atomic E-state index is 6.71. The van der Waals surface area contributed by atoms with Crippen LogP contribution < -0.4 is 18.9 Å². The lowest BCUT2D eigenvalue weighted by Crippen LogP contribution is -2.03. The predicted octanol–water partition coefficient (Wildman–Crippen LogP) is 24.3. The molecule has 3 aromatic rings. The van der Waals surface area contributed by atoms with E-state index in [1.54, 1.807) is 0 Å². The maximum Gasteiger partial charge on any atom is 0.127 e. The highest BCUT2D eigenvalue weighted by Gasteiger charge is 2.16. The van der Waals surface area contributed by atoms with Crippen LogP contribution in [0.1, 0.15) is 336 Å². The van der Waals surface area contributed by atoms with Crippen molar-refractivity contribution in [3.8, 4) is 23.0 Å². The molecule has 0 N–H and O–H groups in total. The van der Waals surface area contributed by atoms with Gasteiger partial charge in [0, 0.05) is 21.5 Å². The molecule has 0 fully saturated rings. The lowest BCUT2D eigenvalue weighted by molar-refractivity contribution is 0.300.